The fraction of sp³-hybridized carbons (Fsp3) is 0.250. The van der Waals surface area contributed by atoms with Crippen molar-refractivity contribution in [2.75, 3.05) is 19.6 Å². The minimum atomic E-state index is -0.505. The van der Waals surface area contributed by atoms with E-state index in [0.717, 1.165) is 34.9 Å². The van der Waals surface area contributed by atoms with E-state index >= 15 is 0 Å². The maximum atomic E-state index is 13.0. The van der Waals surface area contributed by atoms with Gasteiger partial charge in [-0.1, -0.05) is 53.6 Å². The van der Waals surface area contributed by atoms with Crippen molar-refractivity contribution in [3.8, 4) is 11.5 Å². The molecule has 6 heteroatoms. The lowest BCUT2D eigenvalue weighted by Gasteiger charge is -2.15. The fourth-order valence-corrected chi connectivity index (χ4v) is 4.61. The van der Waals surface area contributed by atoms with Crippen LogP contribution in [0.4, 0.5) is 0 Å². The first-order valence-corrected chi connectivity index (χ1v) is 12.8. The van der Waals surface area contributed by atoms with Crippen molar-refractivity contribution < 1.29 is 19.1 Å². The predicted octanol–water partition coefficient (Wildman–Crippen LogP) is 6.96. The van der Waals surface area contributed by atoms with Gasteiger partial charge in [0.15, 0.2) is 11.5 Å². The average molecular weight is 530 g/mol. The number of likely N-dealkylation sites (tertiary alicyclic amines) is 1. The van der Waals surface area contributed by atoms with Crippen LogP contribution in [0.1, 0.15) is 50.2 Å². The van der Waals surface area contributed by atoms with E-state index in [9.17, 15) is 9.59 Å². The number of carbonyl (C=O) groups excluding carboxylic acids is 2. The summed E-state index contributed by atoms with van der Waals surface area (Å²) >= 11 is 0. The minimum Gasteiger partial charge on any atom is -0.419 e. The van der Waals surface area contributed by atoms with Crippen LogP contribution in [0.5, 0.6) is 11.5 Å². The second-order valence-corrected chi connectivity index (χ2v) is 9.79. The van der Waals surface area contributed by atoms with Crippen LogP contribution in [-0.4, -0.2) is 36.5 Å². The number of aryl methyl sites for hydroxylation is 2. The number of fused-ring (bicyclic) bond motifs is 1. The molecule has 0 spiro atoms. The number of rotatable bonds is 7. The summed E-state index contributed by atoms with van der Waals surface area (Å²) in [6, 6.07) is 24.2. The number of ether oxygens (including phenoxy) is 2. The van der Waals surface area contributed by atoms with Gasteiger partial charge < -0.3 is 14.4 Å². The van der Waals surface area contributed by atoms with Crippen molar-refractivity contribution >= 4 is 35.1 Å². The zero-order valence-corrected chi connectivity index (χ0v) is 22.6. The van der Waals surface area contributed by atoms with E-state index in [-0.39, 0.29) is 23.9 Å². The minimum absolute atomic E-state index is 0. The van der Waals surface area contributed by atoms with Crippen molar-refractivity contribution in [3.63, 3.8) is 0 Å². The lowest BCUT2D eigenvalue weighted by atomic mass is 10.0. The van der Waals surface area contributed by atoms with Gasteiger partial charge in [0.2, 0.25) is 0 Å². The van der Waals surface area contributed by atoms with Crippen molar-refractivity contribution in [3.05, 3.63) is 107 Å². The highest BCUT2D eigenvalue weighted by atomic mass is 35.5. The molecule has 38 heavy (non-hydrogen) atoms. The van der Waals surface area contributed by atoms with Gasteiger partial charge in [0, 0.05) is 6.54 Å². The molecule has 0 aromatic heterocycles. The quantitative estimate of drug-likeness (QED) is 0.191. The molecule has 4 aromatic carbocycles. The molecular weight excluding hydrogens is 498 g/mol. The van der Waals surface area contributed by atoms with Crippen molar-refractivity contribution in [1.29, 1.82) is 0 Å². The molecule has 0 radical (unpaired) electrons. The Bertz CT molecular complexity index is 1420. The highest BCUT2D eigenvalue weighted by Crippen LogP contribution is 2.34. The topological polar surface area (TPSA) is 55.8 Å². The molecule has 1 heterocycles. The van der Waals surface area contributed by atoms with Crippen LogP contribution in [0.3, 0.4) is 0 Å². The second kappa shape index (κ2) is 12.2. The summed E-state index contributed by atoms with van der Waals surface area (Å²) in [6.07, 6.45) is 3.51. The Balaban J connectivity index is 0.00000336. The number of halogens is 1. The lowest BCUT2D eigenvalue weighted by molar-refractivity contribution is 0.0683. The molecule has 5 nitrogen and oxygen atoms in total. The van der Waals surface area contributed by atoms with Gasteiger partial charge in [-0.2, -0.15) is 0 Å². The zero-order valence-electron chi connectivity index (χ0n) is 21.7. The van der Waals surface area contributed by atoms with Crippen LogP contribution in [0.2, 0.25) is 0 Å². The van der Waals surface area contributed by atoms with E-state index in [1.54, 1.807) is 36.4 Å². The van der Waals surface area contributed by atoms with E-state index in [0.29, 0.717) is 11.1 Å². The molecule has 196 valence electrons. The summed E-state index contributed by atoms with van der Waals surface area (Å²) in [5, 5.41) is 1.84. The number of carbonyl (C=O) groups is 2. The van der Waals surface area contributed by atoms with Gasteiger partial charge >= 0.3 is 11.9 Å². The van der Waals surface area contributed by atoms with E-state index < -0.39 is 11.9 Å². The first-order valence-electron chi connectivity index (χ1n) is 12.8. The number of esters is 2. The molecule has 0 aliphatic carbocycles. The molecule has 5 rings (SSSR count). The summed E-state index contributed by atoms with van der Waals surface area (Å²) in [4.78, 5) is 28.4. The Morgan fingerprint density at radius 1 is 0.684 bits per heavy atom. The lowest BCUT2D eigenvalue weighted by Crippen LogP contribution is -2.21. The van der Waals surface area contributed by atoms with Crippen LogP contribution >= 0.6 is 12.4 Å². The van der Waals surface area contributed by atoms with Crippen molar-refractivity contribution in [1.82, 2.24) is 4.90 Å². The fourth-order valence-electron chi connectivity index (χ4n) is 4.61. The van der Waals surface area contributed by atoms with E-state index in [1.165, 1.54) is 31.5 Å². The molecule has 1 saturated heterocycles. The standard InChI is InChI=1S/C32H31NO4.ClH/c1-22-5-10-25(11-6-22)31(34)36-29-20-27-14-9-24(15-18-33-16-3-4-17-33)19-28(27)21-30(29)37-32(35)26-12-7-23(2)8-13-26;/h5-14,19-21H,3-4,15-18H2,1-2H3;1H. The average Bonchev–Trinajstić information content (AvgIpc) is 3.42. The Labute approximate surface area is 229 Å². The summed E-state index contributed by atoms with van der Waals surface area (Å²) < 4.78 is 11.6. The third kappa shape index (κ3) is 6.60. The summed E-state index contributed by atoms with van der Waals surface area (Å²) in [7, 11) is 0. The van der Waals surface area contributed by atoms with Crippen LogP contribution in [0, 0.1) is 13.8 Å². The van der Waals surface area contributed by atoms with Gasteiger partial charge in [-0.15, -0.1) is 12.4 Å². The van der Waals surface area contributed by atoms with Gasteiger partial charge in [0.1, 0.15) is 0 Å². The SMILES string of the molecule is Cc1ccc(C(=O)Oc2cc3ccc(CCN4CCCC4)cc3cc2OC(=O)c2ccc(C)cc2)cc1.Cl. The highest BCUT2D eigenvalue weighted by Gasteiger charge is 2.18. The Morgan fingerprint density at radius 3 is 1.71 bits per heavy atom. The largest absolute Gasteiger partial charge is 0.419 e. The molecule has 1 aliphatic rings. The smallest absolute Gasteiger partial charge is 0.343 e. The Hall–Kier alpha value is -3.67. The van der Waals surface area contributed by atoms with Gasteiger partial charge in [0.25, 0.3) is 0 Å². The summed E-state index contributed by atoms with van der Waals surface area (Å²) in [5.74, 6) is -0.579. The van der Waals surface area contributed by atoms with E-state index in [1.807, 2.05) is 44.2 Å². The van der Waals surface area contributed by atoms with Gasteiger partial charge in [-0.25, -0.2) is 9.59 Å². The Morgan fingerprint density at radius 2 is 1.18 bits per heavy atom. The molecule has 1 fully saturated rings. The Kier molecular flexibility index (Phi) is 8.82. The van der Waals surface area contributed by atoms with Gasteiger partial charge in [-0.3, -0.25) is 0 Å². The predicted molar refractivity (Wildman–Crippen MR) is 153 cm³/mol. The maximum absolute atomic E-state index is 13.0. The van der Waals surface area contributed by atoms with Crippen LogP contribution in [-0.2, 0) is 6.42 Å². The zero-order chi connectivity index (χ0) is 25.8. The monoisotopic (exact) mass is 529 g/mol. The second-order valence-electron chi connectivity index (χ2n) is 9.79. The molecule has 0 bridgehead atoms. The molecule has 0 unspecified atom stereocenters. The van der Waals surface area contributed by atoms with E-state index in [4.69, 9.17) is 9.47 Å². The number of hydrogen-bond donors (Lipinski definition) is 0. The van der Waals surface area contributed by atoms with E-state index in [2.05, 4.69) is 17.0 Å². The molecule has 0 amide bonds. The maximum Gasteiger partial charge on any atom is 0.343 e. The van der Waals surface area contributed by atoms with Gasteiger partial charge in [-0.05, 0) is 98.9 Å². The molecule has 4 aromatic rings. The van der Waals surface area contributed by atoms with Crippen LogP contribution in [0.25, 0.3) is 10.8 Å². The molecule has 0 saturated carbocycles. The molecular formula is C32H32ClNO4. The molecule has 0 N–H and O–H groups in total. The first kappa shape index (κ1) is 27.4. The highest BCUT2D eigenvalue weighted by molar-refractivity contribution is 5.95. The number of benzene rings is 4. The van der Waals surface area contributed by atoms with Crippen LogP contribution < -0.4 is 9.47 Å². The van der Waals surface area contributed by atoms with Crippen molar-refractivity contribution in [2.45, 2.75) is 33.1 Å². The third-order valence-electron chi connectivity index (χ3n) is 6.86. The molecule has 1 aliphatic heterocycles. The molecule has 0 atom stereocenters. The van der Waals surface area contributed by atoms with Crippen LogP contribution in [0.15, 0.2) is 78.9 Å². The summed E-state index contributed by atoms with van der Waals surface area (Å²) in [5.41, 5.74) is 4.19. The normalized spacial score (nSPS) is 13.2. The number of hydrogen-bond acceptors (Lipinski definition) is 5. The third-order valence-corrected chi connectivity index (χ3v) is 6.86. The van der Waals surface area contributed by atoms with Gasteiger partial charge in [0.05, 0.1) is 11.1 Å². The number of nitrogens with zero attached hydrogens (tertiary/aromatic N) is 1. The van der Waals surface area contributed by atoms with Crippen molar-refractivity contribution in [2.24, 2.45) is 0 Å². The first-order chi connectivity index (χ1) is 17.9. The summed E-state index contributed by atoms with van der Waals surface area (Å²) in [6.45, 7) is 7.29.